The van der Waals surface area contributed by atoms with Crippen molar-refractivity contribution >= 4 is 0 Å². The molecule has 0 aliphatic heterocycles. The van der Waals surface area contributed by atoms with E-state index >= 15 is 0 Å². The summed E-state index contributed by atoms with van der Waals surface area (Å²) in [5.74, 6) is 0. The predicted octanol–water partition coefficient (Wildman–Crippen LogP) is 3.72. The molecule has 0 fully saturated rings. The van der Waals surface area contributed by atoms with Crippen molar-refractivity contribution in [1.29, 1.82) is 0 Å². The van der Waals surface area contributed by atoms with Crippen LogP contribution in [-0.4, -0.2) is 6.54 Å². The van der Waals surface area contributed by atoms with Crippen LogP contribution in [0.2, 0.25) is 0 Å². The molecule has 0 saturated carbocycles. The molecule has 0 aliphatic rings. The predicted molar refractivity (Wildman–Crippen MR) is 60.8 cm³/mol. The summed E-state index contributed by atoms with van der Waals surface area (Å²) in [6.45, 7) is 7.69. The minimum atomic E-state index is 0.472. The standard InChI is InChI=1S/C12H27N/c1-4-7-10-12(11-13,8-5-2)9-6-3/h4-11,13H2,1-3H3. The third-order valence-electron chi connectivity index (χ3n) is 3.05. The van der Waals surface area contributed by atoms with Crippen LogP contribution < -0.4 is 5.73 Å². The van der Waals surface area contributed by atoms with Gasteiger partial charge in [-0.2, -0.15) is 0 Å². The van der Waals surface area contributed by atoms with Gasteiger partial charge in [-0.1, -0.05) is 46.5 Å². The normalized spacial score (nSPS) is 12.0. The first-order chi connectivity index (χ1) is 6.24. The molecule has 80 valence electrons. The van der Waals surface area contributed by atoms with Crippen molar-refractivity contribution in [2.24, 2.45) is 11.1 Å². The average molecular weight is 185 g/mol. The first kappa shape index (κ1) is 13.0. The van der Waals surface area contributed by atoms with Crippen LogP contribution in [0.4, 0.5) is 0 Å². The fraction of sp³-hybridized carbons (Fsp3) is 1.00. The molecule has 0 aliphatic carbocycles. The van der Waals surface area contributed by atoms with Crippen molar-refractivity contribution in [1.82, 2.24) is 0 Å². The fourth-order valence-corrected chi connectivity index (χ4v) is 2.29. The third-order valence-corrected chi connectivity index (χ3v) is 3.05. The molecule has 0 unspecified atom stereocenters. The minimum absolute atomic E-state index is 0.472. The van der Waals surface area contributed by atoms with Crippen LogP contribution in [0.3, 0.4) is 0 Å². The quantitative estimate of drug-likeness (QED) is 0.613. The highest BCUT2D eigenvalue weighted by Crippen LogP contribution is 2.34. The summed E-state index contributed by atoms with van der Waals surface area (Å²) in [6, 6.07) is 0. The average Bonchev–Trinajstić information content (AvgIpc) is 2.15. The van der Waals surface area contributed by atoms with Gasteiger partial charge in [0.15, 0.2) is 0 Å². The first-order valence-electron chi connectivity index (χ1n) is 5.94. The van der Waals surface area contributed by atoms with E-state index in [0.717, 1.165) is 6.54 Å². The molecule has 2 N–H and O–H groups in total. The van der Waals surface area contributed by atoms with Crippen molar-refractivity contribution in [3.63, 3.8) is 0 Å². The topological polar surface area (TPSA) is 26.0 Å². The van der Waals surface area contributed by atoms with E-state index in [1.54, 1.807) is 0 Å². The summed E-state index contributed by atoms with van der Waals surface area (Å²) >= 11 is 0. The van der Waals surface area contributed by atoms with E-state index in [4.69, 9.17) is 5.73 Å². The smallest absolute Gasteiger partial charge is 0.00205 e. The van der Waals surface area contributed by atoms with Gasteiger partial charge in [-0.05, 0) is 31.2 Å². The van der Waals surface area contributed by atoms with Crippen LogP contribution in [0.15, 0.2) is 0 Å². The van der Waals surface area contributed by atoms with E-state index < -0.39 is 0 Å². The summed E-state index contributed by atoms with van der Waals surface area (Å²) in [6.07, 6.45) is 9.17. The fourth-order valence-electron chi connectivity index (χ4n) is 2.29. The lowest BCUT2D eigenvalue weighted by Gasteiger charge is -2.32. The van der Waals surface area contributed by atoms with Crippen molar-refractivity contribution in [3.8, 4) is 0 Å². The SMILES string of the molecule is CCCCC(CN)(CCC)CCC. The maximum absolute atomic E-state index is 5.92. The number of nitrogens with two attached hydrogens (primary N) is 1. The highest BCUT2D eigenvalue weighted by atomic mass is 14.6. The second-order valence-corrected chi connectivity index (χ2v) is 4.31. The zero-order valence-electron chi connectivity index (χ0n) is 9.73. The molecular weight excluding hydrogens is 158 g/mol. The van der Waals surface area contributed by atoms with Gasteiger partial charge in [0.05, 0.1) is 0 Å². The summed E-state index contributed by atoms with van der Waals surface area (Å²) in [5, 5.41) is 0. The van der Waals surface area contributed by atoms with Gasteiger partial charge in [-0.15, -0.1) is 0 Å². The van der Waals surface area contributed by atoms with Crippen molar-refractivity contribution < 1.29 is 0 Å². The van der Waals surface area contributed by atoms with Gasteiger partial charge in [0.25, 0.3) is 0 Å². The van der Waals surface area contributed by atoms with Gasteiger partial charge in [-0.3, -0.25) is 0 Å². The van der Waals surface area contributed by atoms with Crippen molar-refractivity contribution in [3.05, 3.63) is 0 Å². The highest BCUT2D eigenvalue weighted by molar-refractivity contribution is 4.79. The second kappa shape index (κ2) is 7.37. The number of hydrogen-bond donors (Lipinski definition) is 1. The van der Waals surface area contributed by atoms with E-state index in [1.165, 1.54) is 44.9 Å². The number of hydrogen-bond acceptors (Lipinski definition) is 1. The molecule has 1 heteroatoms. The lowest BCUT2D eigenvalue weighted by molar-refractivity contribution is 0.217. The Morgan fingerprint density at radius 1 is 0.846 bits per heavy atom. The summed E-state index contributed by atoms with van der Waals surface area (Å²) in [5.41, 5.74) is 6.39. The van der Waals surface area contributed by atoms with Crippen LogP contribution >= 0.6 is 0 Å². The molecule has 0 amide bonds. The van der Waals surface area contributed by atoms with Crippen molar-refractivity contribution in [2.45, 2.75) is 65.7 Å². The molecule has 0 saturated heterocycles. The number of unbranched alkanes of at least 4 members (excludes halogenated alkanes) is 1. The largest absolute Gasteiger partial charge is 0.330 e. The Morgan fingerprint density at radius 3 is 1.69 bits per heavy atom. The molecule has 0 spiro atoms. The van der Waals surface area contributed by atoms with Gasteiger partial charge >= 0.3 is 0 Å². The lowest BCUT2D eigenvalue weighted by atomic mass is 9.75. The number of rotatable bonds is 8. The van der Waals surface area contributed by atoms with Gasteiger partial charge in [0.1, 0.15) is 0 Å². The zero-order valence-corrected chi connectivity index (χ0v) is 9.73. The van der Waals surface area contributed by atoms with Crippen LogP contribution in [0, 0.1) is 5.41 Å². The second-order valence-electron chi connectivity index (χ2n) is 4.31. The van der Waals surface area contributed by atoms with Crippen LogP contribution in [-0.2, 0) is 0 Å². The Labute approximate surface area is 84.1 Å². The molecule has 0 atom stereocenters. The molecule has 0 aromatic heterocycles. The third kappa shape index (κ3) is 4.66. The molecule has 0 aromatic rings. The summed E-state index contributed by atoms with van der Waals surface area (Å²) in [4.78, 5) is 0. The molecule has 0 radical (unpaired) electrons. The van der Waals surface area contributed by atoms with Gasteiger partial charge in [0, 0.05) is 0 Å². The van der Waals surface area contributed by atoms with E-state index in [0.29, 0.717) is 5.41 Å². The molecule has 0 heterocycles. The minimum Gasteiger partial charge on any atom is -0.330 e. The van der Waals surface area contributed by atoms with Gasteiger partial charge < -0.3 is 5.73 Å². The van der Waals surface area contributed by atoms with E-state index in [9.17, 15) is 0 Å². The highest BCUT2D eigenvalue weighted by Gasteiger charge is 2.25. The van der Waals surface area contributed by atoms with Gasteiger partial charge in [-0.25, -0.2) is 0 Å². The lowest BCUT2D eigenvalue weighted by Crippen LogP contribution is -2.30. The maximum atomic E-state index is 5.92. The van der Waals surface area contributed by atoms with Crippen molar-refractivity contribution in [2.75, 3.05) is 6.54 Å². The Bertz CT molecular complexity index is 104. The Kier molecular flexibility index (Phi) is 7.35. The maximum Gasteiger partial charge on any atom is -0.00205 e. The Morgan fingerprint density at radius 2 is 1.38 bits per heavy atom. The van der Waals surface area contributed by atoms with E-state index in [-0.39, 0.29) is 0 Å². The molecule has 0 aromatic carbocycles. The van der Waals surface area contributed by atoms with Crippen LogP contribution in [0.5, 0.6) is 0 Å². The first-order valence-corrected chi connectivity index (χ1v) is 5.94. The Hall–Kier alpha value is -0.0400. The van der Waals surface area contributed by atoms with Gasteiger partial charge in [0.2, 0.25) is 0 Å². The van der Waals surface area contributed by atoms with E-state index in [2.05, 4.69) is 20.8 Å². The monoisotopic (exact) mass is 185 g/mol. The summed E-state index contributed by atoms with van der Waals surface area (Å²) in [7, 11) is 0. The Balaban J connectivity index is 4.07. The molecule has 0 rings (SSSR count). The van der Waals surface area contributed by atoms with Crippen LogP contribution in [0.25, 0.3) is 0 Å². The summed E-state index contributed by atoms with van der Waals surface area (Å²) < 4.78 is 0. The van der Waals surface area contributed by atoms with Crippen LogP contribution in [0.1, 0.15) is 65.7 Å². The molecule has 13 heavy (non-hydrogen) atoms. The molecule has 0 bridgehead atoms. The molecule has 1 nitrogen and oxygen atoms in total. The zero-order chi connectivity index (χ0) is 10.2. The van der Waals surface area contributed by atoms with E-state index in [1.807, 2.05) is 0 Å². The molecular formula is C12H27N.